The number of benzene rings is 3. The Morgan fingerprint density at radius 1 is 0.971 bits per heavy atom. The molecular weight excluding hydrogens is 492 g/mol. The molecule has 1 N–H and O–H groups in total. The summed E-state index contributed by atoms with van der Waals surface area (Å²) in [5.74, 6) is 0.253. The van der Waals surface area contributed by atoms with Gasteiger partial charge in [-0.15, -0.1) is 0 Å². The number of amides is 2. The van der Waals surface area contributed by atoms with Crippen LogP contribution in [0, 0.1) is 13.8 Å². The predicted octanol–water partition coefficient (Wildman–Crippen LogP) is 5.22. The van der Waals surface area contributed by atoms with Gasteiger partial charge < -0.3 is 15.0 Å². The topological polar surface area (TPSA) is 58.6 Å². The number of nitrogens with one attached hydrogen (secondary N) is 1. The largest absolute Gasteiger partial charge is 0.483 e. The molecule has 3 aromatic rings. The molecule has 0 aliphatic carbocycles. The number of likely N-dealkylation sites (N-methyl/N-ethyl adjacent to an activating group) is 1. The van der Waals surface area contributed by atoms with E-state index in [1.807, 2.05) is 93.6 Å². The Morgan fingerprint density at radius 3 is 2.38 bits per heavy atom. The van der Waals surface area contributed by atoms with Crippen LogP contribution in [-0.4, -0.2) is 35.9 Å². The third kappa shape index (κ3) is 6.94. The zero-order valence-corrected chi connectivity index (χ0v) is 21.5. The van der Waals surface area contributed by atoms with E-state index in [0.717, 1.165) is 26.7 Å². The van der Waals surface area contributed by atoms with Gasteiger partial charge >= 0.3 is 0 Å². The smallest absolute Gasteiger partial charge is 0.261 e. The Hall–Kier alpha value is -3.12. The number of hydrogen-bond acceptors (Lipinski definition) is 3. The first-order valence-corrected chi connectivity index (χ1v) is 12.2. The average Bonchev–Trinajstić information content (AvgIpc) is 2.83. The van der Waals surface area contributed by atoms with Crippen molar-refractivity contribution in [3.8, 4) is 5.75 Å². The molecule has 1 unspecified atom stereocenters. The lowest BCUT2D eigenvalue weighted by Gasteiger charge is -2.31. The molecule has 5 nitrogen and oxygen atoms in total. The molecule has 0 aliphatic rings. The molecule has 1 atom stereocenters. The number of halogens is 1. The van der Waals surface area contributed by atoms with Crippen molar-refractivity contribution in [1.29, 1.82) is 0 Å². The van der Waals surface area contributed by atoms with Crippen molar-refractivity contribution in [3.63, 3.8) is 0 Å². The molecule has 0 heterocycles. The molecule has 0 spiro atoms. The number of aryl methyl sites for hydroxylation is 1. The van der Waals surface area contributed by atoms with Crippen molar-refractivity contribution >= 4 is 27.7 Å². The van der Waals surface area contributed by atoms with Crippen LogP contribution >= 0.6 is 15.9 Å². The Labute approximate surface area is 210 Å². The van der Waals surface area contributed by atoms with E-state index in [4.69, 9.17) is 4.74 Å². The van der Waals surface area contributed by atoms with E-state index >= 15 is 0 Å². The van der Waals surface area contributed by atoms with E-state index in [9.17, 15) is 9.59 Å². The fourth-order valence-electron chi connectivity index (χ4n) is 3.78. The second kappa shape index (κ2) is 12.4. The first kappa shape index (κ1) is 25.5. The van der Waals surface area contributed by atoms with Crippen molar-refractivity contribution in [3.05, 3.63) is 99.5 Å². The van der Waals surface area contributed by atoms with Crippen LogP contribution in [0.1, 0.15) is 29.2 Å². The summed E-state index contributed by atoms with van der Waals surface area (Å²) in [5, 5.41) is 2.91. The van der Waals surface area contributed by atoms with Crippen LogP contribution < -0.4 is 10.1 Å². The van der Waals surface area contributed by atoms with Gasteiger partial charge in [0.2, 0.25) is 5.91 Å². The maximum Gasteiger partial charge on any atom is 0.261 e. The number of nitrogens with zero attached hydrogens (tertiary/aromatic N) is 1. The van der Waals surface area contributed by atoms with Crippen molar-refractivity contribution in [2.75, 3.05) is 13.2 Å². The van der Waals surface area contributed by atoms with Crippen LogP contribution in [-0.2, 0) is 22.6 Å². The second-order valence-corrected chi connectivity index (χ2v) is 9.15. The molecule has 0 radical (unpaired) electrons. The van der Waals surface area contributed by atoms with Crippen molar-refractivity contribution in [1.82, 2.24) is 10.2 Å². The van der Waals surface area contributed by atoms with Crippen LogP contribution in [0.5, 0.6) is 5.75 Å². The molecule has 0 aromatic heterocycles. The summed E-state index contributed by atoms with van der Waals surface area (Å²) < 4.78 is 6.85. The van der Waals surface area contributed by atoms with Gasteiger partial charge in [0, 0.05) is 24.0 Å². The fourth-order valence-corrected chi connectivity index (χ4v) is 4.23. The lowest BCUT2D eigenvalue weighted by atomic mass is 10.0. The molecule has 0 bridgehead atoms. The van der Waals surface area contributed by atoms with Gasteiger partial charge in [0.1, 0.15) is 11.8 Å². The normalized spacial score (nSPS) is 11.5. The van der Waals surface area contributed by atoms with Crippen LogP contribution in [0.3, 0.4) is 0 Å². The molecular formula is C28H31BrN2O3. The molecule has 178 valence electrons. The van der Waals surface area contributed by atoms with Gasteiger partial charge in [-0.3, -0.25) is 9.59 Å². The summed E-state index contributed by atoms with van der Waals surface area (Å²) >= 11 is 3.50. The molecule has 34 heavy (non-hydrogen) atoms. The third-order valence-corrected chi connectivity index (χ3v) is 6.26. The molecule has 2 amide bonds. The lowest BCUT2D eigenvalue weighted by molar-refractivity contribution is -0.142. The minimum absolute atomic E-state index is 0.150. The van der Waals surface area contributed by atoms with E-state index in [0.29, 0.717) is 25.3 Å². The third-order valence-electron chi connectivity index (χ3n) is 5.77. The molecule has 3 rings (SSSR count). The van der Waals surface area contributed by atoms with E-state index in [1.165, 1.54) is 0 Å². The summed E-state index contributed by atoms with van der Waals surface area (Å²) in [6, 6.07) is 22.6. The monoisotopic (exact) mass is 522 g/mol. The molecule has 6 heteroatoms. The second-order valence-electron chi connectivity index (χ2n) is 8.24. The van der Waals surface area contributed by atoms with Crippen LogP contribution in [0.15, 0.2) is 77.3 Å². The van der Waals surface area contributed by atoms with Crippen LogP contribution in [0.4, 0.5) is 0 Å². The van der Waals surface area contributed by atoms with Gasteiger partial charge in [-0.05, 0) is 61.2 Å². The lowest BCUT2D eigenvalue weighted by Crippen LogP contribution is -2.51. The highest BCUT2D eigenvalue weighted by Crippen LogP contribution is 2.22. The van der Waals surface area contributed by atoms with Gasteiger partial charge in [-0.1, -0.05) is 70.5 Å². The Morgan fingerprint density at radius 2 is 1.68 bits per heavy atom. The summed E-state index contributed by atoms with van der Waals surface area (Å²) in [7, 11) is 0. The summed E-state index contributed by atoms with van der Waals surface area (Å²) in [4.78, 5) is 28.4. The average molecular weight is 523 g/mol. The van der Waals surface area contributed by atoms with E-state index in [2.05, 4.69) is 21.2 Å². The minimum atomic E-state index is -0.670. The number of ether oxygens (including phenoxy) is 1. The highest BCUT2D eigenvalue weighted by Gasteiger charge is 2.30. The predicted molar refractivity (Wildman–Crippen MR) is 139 cm³/mol. The van der Waals surface area contributed by atoms with Crippen molar-refractivity contribution < 1.29 is 14.3 Å². The van der Waals surface area contributed by atoms with Crippen molar-refractivity contribution in [2.45, 2.75) is 39.8 Å². The molecule has 0 fully saturated rings. The van der Waals surface area contributed by atoms with Gasteiger partial charge in [-0.2, -0.15) is 0 Å². The fraction of sp³-hybridized carbons (Fsp3) is 0.286. The maximum atomic E-state index is 13.6. The highest BCUT2D eigenvalue weighted by molar-refractivity contribution is 9.10. The minimum Gasteiger partial charge on any atom is -0.483 e. The Kier molecular flexibility index (Phi) is 9.28. The maximum absolute atomic E-state index is 13.6. The molecule has 0 saturated carbocycles. The Balaban J connectivity index is 1.91. The first-order valence-electron chi connectivity index (χ1n) is 11.4. The van der Waals surface area contributed by atoms with Crippen molar-refractivity contribution in [2.24, 2.45) is 0 Å². The van der Waals surface area contributed by atoms with Crippen LogP contribution in [0.2, 0.25) is 0 Å². The van der Waals surface area contributed by atoms with E-state index in [-0.39, 0.29) is 18.4 Å². The Bertz CT molecular complexity index is 1120. The van der Waals surface area contributed by atoms with Gasteiger partial charge in [0.25, 0.3) is 5.91 Å². The van der Waals surface area contributed by atoms with E-state index < -0.39 is 6.04 Å². The number of carbonyl (C=O) groups is 2. The quantitative estimate of drug-likeness (QED) is 0.397. The van der Waals surface area contributed by atoms with Crippen LogP contribution in [0.25, 0.3) is 0 Å². The molecule has 0 aliphatic heterocycles. The van der Waals surface area contributed by atoms with Gasteiger partial charge in [-0.25, -0.2) is 0 Å². The number of rotatable bonds is 10. The van der Waals surface area contributed by atoms with E-state index in [1.54, 1.807) is 4.90 Å². The zero-order chi connectivity index (χ0) is 24.5. The number of carbonyl (C=O) groups excluding carboxylic acids is 2. The molecule has 3 aromatic carbocycles. The summed E-state index contributed by atoms with van der Waals surface area (Å²) in [5.41, 5.74) is 4.01. The first-order chi connectivity index (χ1) is 16.4. The summed E-state index contributed by atoms with van der Waals surface area (Å²) in [6.45, 7) is 6.49. The molecule has 0 saturated heterocycles. The number of hydrogen-bond donors (Lipinski definition) is 1. The summed E-state index contributed by atoms with van der Waals surface area (Å²) in [6.07, 6.45) is 0.413. The standard InChI is InChI=1S/C28H31BrN2O3/c1-4-30-28(33)25(17-22-11-6-5-7-12-22)31(18-23-13-9-14-24(29)16-23)27(32)19-34-26-15-8-10-20(2)21(26)3/h5-16,25H,4,17-19H2,1-3H3,(H,30,33). The highest BCUT2D eigenvalue weighted by atomic mass is 79.9. The van der Waals surface area contributed by atoms with Gasteiger partial charge in [0.05, 0.1) is 0 Å². The SMILES string of the molecule is CCNC(=O)C(Cc1ccccc1)N(Cc1cccc(Br)c1)C(=O)COc1cccc(C)c1C. The zero-order valence-electron chi connectivity index (χ0n) is 19.9. The van der Waals surface area contributed by atoms with Gasteiger partial charge in [0.15, 0.2) is 6.61 Å².